The first-order valence-corrected chi connectivity index (χ1v) is 4.33. The van der Waals surface area contributed by atoms with Crippen molar-refractivity contribution >= 4 is 24.1 Å². The minimum Gasteiger partial charge on any atom is -0.166 e. The predicted octanol–water partition coefficient (Wildman–Crippen LogP) is 2.65. The van der Waals surface area contributed by atoms with Gasteiger partial charge in [0.15, 0.2) is 0 Å². The predicted molar refractivity (Wildman–Crippen MR) is 54.3 cm³/mol. The van der Waals surface area contributed by atoms with Gasteiger partial charge in [0, 0.05) is 0 Å². The second-order valence-electron chi connectivity index (χ2n) is 3.32. The Hall–Kier alpha value is -1.45. The molecular formula is C11H6BF3. The van der Waals surface area contributed by atoms with E-state index in [1.807, 2.05) is 0 Å². The van der Waals surface area contributed by atoms with E-state index in [-0.39, 0.29) is 0 Å². The van der Waals surface area contributed by atoms with Gasteiger partial charge in [-0.3, -0.25) is 0 Å². The van der Waals surface area contributed by atoms with Crippen LogP contribution in [0.4, 0.5) is 13.2 Å². The zero-order chi connectivity index (χ0) is 11.1. The number of hydrogen-bond acceptors (Lipinski definition) is 0. The van der Waals surface area contributed by atoms with Crippen LogP contribution in [0.15, 0.2) is 36.4 Å². The first-order valence-electron chi connectivity index (χ1n) is 4.33. The highest BCUT2D eigenvalue weighted by atomic mass is 19.4. The Labute approximate surface area is 86.1 Å². The van der Waals surface area contributed by atoms with Crippen LogP contribution in [0.1, 0.15) is 5.56 Å². The van der Waals surface area contributed by atoms with E-state index < -0.39 is 11.7 Å². The van der Waals surface area contributed by atoms with Crippen LogP contribution < -0.4 is 5.46 Å². The molecule has 0 fully saturated rings. The van der Waals surface area contributed by atoms with Crippen molar-refractivity contribution in [3.63, 3.8) is 0 Å². The molecule has 0 saturated heterocycles. The van der Waals surface area contributed by atoms with Crippen LogP contribution in [0.5, 0.6) is 0 Å². The molecule has 0 aliphatic heterocycles. The third-order valence-electron chi connectivity index (χ3n) is 2.19. The van der Waals surface area contributed by atoms with Crippen LogP contribution >= 0.6 is 0 Å². The normalized spacial score (nSPS) is 11.9. The Bertz CT molecular complexity index is 503. The smallest absolute Gasteiger partial charge is 0.166 e. The zero-order valence-electron chi connectivity index (χ0n) is 7.68. The summed E-state index contributed by atoms with van der Waals surface area (Å²) in [6.07, 6.45) is -4.31. The molecule has 0 bridgehead atoms. The molecule has 15 heavy (non-hydrogen) atoms. The maximum Gasteiger partial charge on any atom is 0.416 e. The van der Waals surface area contributed by atoms with Gasteiger partial charge in [-0.15, -0.1) is 0 Å². The van der Waals surface area contributed by atoms with Crippen LogP contribution in [0, 0.1) is 0 Å². The van der Waals surface area contributed by atoms with Gasteiger partial charge in [-0.2, -0.15) is 13.2 Å². The fourth-order valence-corrected chi connectivity index (χ4v) is 1.44. The lowest BCUT2D eigenvalue weighted by Gasteiger charge is -2.08. The van der Waals surface area contributed by atoms with Crippen molar-refractivity contribution in [1.29, 1.82) is 0 Å². The molecule has 2 rings (SSSR count). The molecule has 2 aromatic carbocycles. The van der Waals surface area contributed by atoms with Crippen molar-refractivity contribution in [2.45, 2.75) is 6.18 Å². The van der Waals surface area contributed by atoms with Gasteiger partial charge in [-0.05, 0) is 22.9 Å². The molecule has 0 atom stereocenters. The molecule has 4 heteroatoms. The Balaban J connectivity index is 2.64. The number of alkyl halides is 3. The van der Waals surface area contributed by atoms with Gasteiger partial charge in [0.25, 0.3) is 0 Å². The van der Waals surface area contributed by atoms with Crippen LogP contribution in [0.3, 0.4) is 0 Å². The van der Waals surface area contributed by atoms with Gasteiger partial charge in [0.2, 0.25) is 0 Å². The van der Waals surface area contributed by atoms with Crippen LogP contribution in [-0.2, 0) is 6.18 Å². The van der Waals surface area contributed by atoms with Gasteiger partial charge in [0.1, 0.15) is 7.85 Å². The summed E-state index contributed by atoms with van der Waals surface area (Å²) < 4.78 is 37.2. The molecule has 0 heterocycles. The average molecular weight is 206 g/mol. The van der Waals surface area contributed by atoms with E-state index in [0.717, 1.165) is 17.5 Å². The van der Waals surface area contributed by atoms with E-state index in [2.05, 4.69) is 0 Å². The lowest BCUT2D eigenvalue weighted by atomic mass is 9.93. The molecule has 0 nitrogen and oxygen atoms in total. The minimum atomic E-state index is -4.31. The summed E-state index contributed by atoms with van der Waals surface area (Å²) in [5, 5.41) is 1.25. The van der Waals surface area contributed by atoms with E-state index in [9.17, 15) is 13.2 Å². The lowest BCUT2D eigenvalue weighted by molar-refractivity contribution is -0.137. The summed E-state index contributed by atoms with van der Waals surface area (Å²) in [5.74, 6) is 0. The Kier molecular flexibility index (Phi) is 2.22. The second-order valence-corrected chi connectivity index (χ2v) is 3.32. The number of rotatable bonds is 0. The summed E-state index contributed by atoms with van der Waals surface area (Å²) in [5.41, 5.74) is -0.192. The lowest BCUT2D eigenvalue weighted by Crippen LogP contribution is -2.05. The van der Waals surface area contributed by atoms with Crippen molar-refractivity contribution in [1.82, 2.24) is 0 Å². The third-order valence-corrected chi connectivity index (χ3v) is 2.19. The van der Waals surface area contributed by atoms with Crippen LogP contribution in [0.25, 0.3) is 10.8 Å². The summed E-state index contributed by atoms with van der Waals surface area (Å²) in [6, 6.07) is 8.51. The SMILES string of the molecule is [B]c1ccc2ccc(C(F)(F)F)cc2c1. The van der Waals surface area contributed by atoms with E-state index in [0.29, 0.717) is 10.8 Å². The largest absolute Gasteiger partial charge is 0.416 e. The first-order chi connectivity index (χ1) is 6.97. The molecular weight excluding hydrogens is 200 g/mol. The highest BCUT2D eigenvalue weighted by Gasteiger charge is 2.30. The Morgan fingerprint density at radius 3 is 2.20 bits per heavy atom. The highest BCUT2D eigenvalue weighted by Crippen LogP contribution is 2.30. The maximum atomic E-state index is 12.4. The topological polar surface area (TPSA) is 0 Å². The van der Waals surface area contributed by atoms with Gasteiger partial charge < -0.3 is 0 Å². The Morgan fingerprint density at radius 2 is 1.53 bits per heavy atom. The summed E-state index contributed by atoms with van der Waals surface area (Å²) in [7, 11) is 5.50. The van der Waals surface area contributed by atoms with Crippen molar-refractivity contribution in [2.75, 3.05) is 0 Å². The maximum absolute atomic E-state index is 12.4. The molecule has 0 aliphatic rings. The molecule has 0 amide bonds. The first kappa shape index (κ1) is 10.1. The van der Waals surface area contributed by atoms with Gasteiger partial charge >= 0.3 is 6.18 Å². The third kappa shape index (κ3) is 1.98. The monoisotopic (exact) mass is 206 g/mol. The highest BCUT2D eigenvalue weighted by molar-refractivity contribution is 6.33. The number of halogens is 3. The van der Waals surface area contributed by atoms with E-state index >= 15 is 0 Å². The molecule has 0 aliphatic carbocycles. The van der Waals surface area contributed by atoms with Crippen LogP contribution in [-0.4, -0.2) is 7.85 Å². The van der Waals surface area contributed by atoms with E-state index in [4.69, 9.17) is 7.85 Å². The van der Waals surface area contributed by atoms with Crippen molar-refractivity contribution in [3.8, 4) is 0 Å². The molecule has 74 valence electrons. The molecule has 2 aromatic rings. The molecule has 0 aromatic heterocycles. The Morgan fingerprint density at radius 1 is 0.867 bits per heavy atom. The molecule has 0 spiro atoms. The number of hydrogen-bond donors (Lipinski definition) is 0. The van der Waals surface area contributed by atoms with Crippen molar-refractivity contribution < 1.29 is 13.2 Å². The van der Waals surface area contributed by atoms with Gasteiger partial charge in [-0.25, -0.2) is 0 Å². The summed E-state index contributed by atoms with van der Waals surface area (Å²) >= 11 is 0. The second kappa shape index (κ2) is 3.30. The summed E-state index contributed by atoms with van der Waals surface area (Å²) in [4.78, 5) is 0. The summed E-state index contributed by atoms with van der Waals surface area (Å²) in [6.45, 7) is 0. The van der Waals surface area contributed by atoms with Crippen molar-refractivity contribution in [3.05, 3.63) is 42.0 Å². The number of benzene rings is 2. The number of fused-ring (bicyclic) bond motifs is 1. The van der Waals surface area contributed by atoms with E-state index in [1.165, 1.54) is 12.1 Å². The van der Waals surface area contributed by atoms with Crippen molar-refractivity contribution in [2.24, 2.45) is 0 Å². The van der Waals surface area contributed by atoms with Crippen LogP contribution in [0.2, 0.25) is 0 Å². The average Bonchev–Trinajstić information content (AvgIpc) is 2.15. The fraction of sp³-hybridized carbons (Fsp3) is 0.0909. The molecule has 0 unspecified atom stereocenters. The molecule has 2 radical (unpaired) electrons. The standard InChI is InChI=1S/C11H6BF3/c12-10-4-2-7-1-3-9(11(13,14)15)5-8(7)6-10/h1-6H. The molecule has 0 saturated carbocycles. The molecule has 0 N–H and O–H groups in total. The minimum absolute atomic E-state index is 0.460. The zero-order valence-corrected chi connectivity index (χ0v) is 7.68. The quantitative estimate of drug-likeness (QED) is 0.581. The van der Waals surface area contributed by atoms with E-state index in [1.54, 1.807) is 12.1 Å². The van der Waals surface area contributed by atoms with Gasteiger partial charge in [0.05, 0.1) is 5.56 Å². The fourth-order valence-electron chi connectivity index (χ4n) is 1.44. The van der Waals surface area contributed by atoms with Gasteiger partial charge in [-0.1, -0.05) is 29.7 Å².